The van der Waals surface area contributed by atoms with Crippen LogP contribution in [0.15, 0.2) is 0 Å². The maximum absolute atomic E-state index is 13.1. The van der Waals surface area contributed by atoms with Gasteiger partial charge in [0.2, 0.25) is 0 Å². The molecule has 0 spiro atoms. The Bertz CT molecular complexity index is 400. The van der Waals surface area contributed by atoms with E-state index in [0.717, 1.165) is 25.7 Å². The summed E-state index contributed by atoms with van der Waals surface area (Å²) in [6, 6.07) is 0. The van der Waals surface area contributed by atoms with E-state index in [1.807, 2.05) is 0 Å². The highest BCUT2D eigenvalue weighted by molar-refractivity contribution is 7.53. The summed E-state index contributed by atoms with van der Waals surface area (Å²) in [5.41, 5.74) is 0. The summed E-state index contributed by atoms with van der Waals surface area (Å²) >= 11 is 0. The van der Waals surface area contributed by atoms with Crippen LogP contribution in [0, 0.1) is 5.92 Å². The van der Waals surface area contributed by atoms with Gasteiger partial charge >= 0.3 is 7.60 Å². The summed E-state index contributed by atoms with van der Waals surface area (Å²) in [5, 5.41) is 0. The van der Waals surface area contributed by atoms with Crippen LogP contribution in [0.5, 0.6) is 0 Å². The third kappa shape index (κ3) is 20.5. The van der Waals surface area contributed by atoms with E-state index in [4.69, 9.17) is 9.05 Å². The zero-order valence-corrected chi connectivity index (χ0v) is 22.7. The highest BCUT2D eigenvalue weighted by Crippen LogP contribution is 2.49. The first-order valence-corrected chi connectivity index (χ1v) is 15.7. The molecular formula is C27H57O3P. The summed E-state index contributed by atoms with van der Waals surface area (Å²) < 4.78 is 24.9. The van der Waals surface area contributed by atoms with Gasteiger partial charge in [0, 0.05) is 0 Å². The molecule has 0 saturated carbocycles. The van der Waals surface area contributed by atoms with Crippen molar-refractivity contribution >= 4 is 7.60 Å². The minimum absolute atomic E-state index is 0.509. The number of hydrogen-bond acceptors (Lipinski definition) is 3. The van der Waals surface area contributed by atoms with E-state index in [9.17, 15) is 4.57 Å². The molecule has 2 atom stereocenters. The molecule has 0 radical (unpaired) electrons. The van der Waals surface area contributed by atoms with Gasteiger partial charge in [0.05, 0.1) is 19.4 Å². The molecule has 4 heteroatoms. The lowest BCUT2D eigenvalue weighted by Gasteiger charge is -2.22. The highest BCUT2D eigenvalue weighted by Gasteiger charge is 2.25. The average Bonchev–Trinajstić information content (AvgIpc) is 2.78. The lowest BCUT2D eigenvalue weighted by Crippen LogP contribution is -2.10. The molecule has 0 aromatic carbocycles. The van der Waals surface area contributed by atoms with Gasteiger partial charge in [-0.15, -0.1) is 0 Å². The molecular weight excluding hydrogens is 403 g/mol. The molecule has 0 amide bonds. The van der Waals surface area contributed by atoms with Crippen LogP contribution in [-0.4, -0.2) is 19.4 Å². The summed E-state index contributed by atoms with van der Waals surface area (Å²) in [6.07, 6.45) is 24.6. The van der Waals surface area contributed by atoms with Crippen molar-refractivity contribution in [3.63, 3.8) is 0 Å². The van der Waals surface area contributed by atoms with Crippen LogP contribution < -0.4 is 0 Å². The van der Waals surface area contributed by atoms with E-state index in [2.05, 4.69) is 27.7 Å². The Morgan fingerprint density at radius 3 is 1.55 bits per heavy atom. The monoisotopic (exact) mass is 460 g/mol. The maximum atomic E-state index is 13.1. The molecule has 2 unspecified atom stereocenters. The van der Waals surface area contributed by atoms with Crippen LogP contribution in [0.3, 0.4) is 0 Å². The molecule has 0 heterocycles. The molecule has 31 heavy (non-hydrogen) atoms. The van der Waals surface area contributed by atoms with Crippen LogP contribution in [-0.2, 0) is 13.6 Å². The standard InChI is InChI=1S/C27H57O3P/c1-5-9-12-13-14-15-16-17-18-19-20-21-22-24-29-31(28,25-11-7-3)30-26-27(8-4)23-10-6-2/h27H,5-26H2,1-4H3. The topological polar surface area (TPSA) is 35.5 Å². The van der Waals surface area contributed by atoms with Gasteiger partial charge in [0.15, 0.2) is 0 Å². The van der Waals surface area contributed by atoms with Gasteiger partial charge in [-0.1, -0.05) is 130 Å². The van der Waals surface area contributed by atoms with E-state index in [1.54, 1.807) is 0 Å². The van der Waals surface area contributed by atoms with E-state index >= 15 is 0 Å². The molecule has 0 aliphatic rings. The van der Waals surface area contributed by atoms with E-state index < -0.39 is 7.60 Å². The Morgan fingerprint density at radius 2 is 1.06 bits per heavy atom. The first-order valence-electron chi connectivity index (χ1n) is 14.0. The normalized spacial score (nSPS) is 14.6. The Kier molecular flexibility index (Phi) is 23.4. The summed E-state index contributed by atoms with van der Waals surface area (Å²) in [5.74, 6) is 0.509. The van der Waals surface area contributed by atoms with Gasteiger partial charge in [0.1, 0.15) is 0 Å². The Balaban J connectivity index is 3.82. The van der Waals surface area contributed by atoms with Crippen molar-refractivity contribution < 1.29 is 13.6 Å². The molecule has 188 valence electrons. The number of hydrogen-bond donors (Lipinski definition) is 0. The van der Waals surface area contributed by atoms with E-state index in [1.165, 1.54) is 96.3 Å². The van der Waals surface area contributed by atoms with Crippen molar-refractivity contribution in [2.75, 3.05) is 19.4 Å². The van der Waals surface area contributed by atoms with Gasteiger partial charge in [-0.05, 0) is 25.2 Å². The van der Waals surface area contributed by atoms with Crippen molar-refractivity contribution in [2.24, 2.45) is 5.92 Å². The van der Waals surface area contributed by atoms with Gasteiger partial charge in [0.25, 0.3) is 0 Å². The van der Waals surface area contributed by atoms with Crippen LogP contribution in [0.2, 0.25) is 0 Å². The van der Waals surface area contributed by atoms with Crippen molar-refractivity contribution in [1.29, 1.82) is 0 Å². The zero-order valence-electron chi connectivity index (χ0n) is 21.8. The Labute approximate surface area is 196 Å². The first kappa shape index (κ1) is 31.1. The Hall–Kier alpha value is 0.150. The van der Waals surface area contributed by atoms with Crippen molar-refractivity contribution in [3.05, 3.63) is 0 Å². The quantitative estimate of drug-likeness (QED) is 0.100. The van der Waals surface area contributed by atoms with Gasteiger partial charge < -0.3 is 9.05 Å². The number of unbranched alkanes of at least 4 members (excludes halogenated alkanes) is 14. The molecule has 0 rings (SSSR count). The summed E-state index contributed by atoms with van der Waals surface area (Å²) in [4.78, 5) is 0. The van der Waals surface area contributed by atoms with Gasteiger partial charge in [-0.25, -0.2) is 0 Å². The fourth-order valence-corrected chi connectivity index (χ4v) is 5.84. The smallest absolute Gasteiger partial charge is 0.309 e. The maximum Gasteiger partial charge on any atom is 0.330 e. The van der Waals surface area contributed by atoms with Gasteiger partial charge in [-0.3, -0.25) is 4.57 Å². The van der Waals surface area contributed by atoms with Crippen LogP contribution in [0.4, 0.5) is 0 Å². The molecule has 3 nitrogen and oxygen atoms in total. The lowest BCUT2D eigenvalue weighted by atomic mass is 10.0. The summed E-state index contributed by atoms with van der Waals surface area (Å²) in [7, 11) is -2.92. The second kappa shape index (κ2) is 23.3. The van der Waals surface area contributed by atoms with E-state index in [-0.39, 0.29) is 0 Å². The summed E-state index contributed by atoms with van der Waals surface area (Å²) in [6.45, 7) is 10.0. The minimum atomic E-state index is -2.92. The molecule has 0 bridgehead atoms. The fourth-order valence-electron chi connectivity index (χ4n) is 3.96. The average molecular weight is 461 g/mol. The second-order valence-electron chi connectivity index (χ2n) is 9.48. The SMILES string of the molecule is CCCCCCCCCCCCCCCOP(=O)(CCCC)OCC(CC)CCCC. The fraction of sp³-hybridized carbons (Fsp3) is 1.00. The van der Waals surface area contributed by atoms with Crippen molar-refractivity contribution in [3.8, 4) is 0 Å². The largest absolute Gasteiger partial charge is 0.330 e. The van der Waals surface area contributed by atoms with Gasteiger partial charge in [-0.2, -0.15) is 0 Å². The second-order valence-corrected chi connectivity index (χ2v) is 11.7. The molecule has 0 fully saturated rings. The van der Waals surface area contributed by atoms with E-state index in [0.29, 0.717) is 25.3 Å². The first-order chi connectivity index (χ1) is 15.1. The third-order valence-electron chi connectivity index (χ3n) is 6.37. The third-order valence-corrected chi connectivity index (χ3v) is 8.35. The predicted octanol–water partition coefficient (Wildman–Crippen LogP) is 10.3. The van der Waals surface area contributed by atoms with Crippen molar-refractivity contribution in [1.82, 2.24) is 0 Å². The highest BCUT2D eigenvalue weighted by atomic mass is 31.2. The predicted molar refractivity (Wildman–Crippen MR) is 138 cm³/mol. The number of rotatable bonds is 25. The molecule has 0 saturated heterocycles. The van der Waals surface area contributed by atoms with Crippen LogP contribution >= 0.6 is 7.60 Å². The van der Waals surface area contributed by atoms with Crippen LogP contribution in [0.25, 0.3) is 0 Å². The molecule has 0 aliphatic carbocycles. The van der Waals surface area contributed by atoms with Crippen molar-refractivity contribution in [2.45, 2.75) is 150 Å². The molecule has 0 N–H and O–H groups in total. The zero-order chi connectivity index (χ0) is 23.0. The minimum Gasteiger partial charge on any atom is -0.309 e. The molecule has 0 aromatic rings. The lowest BCUT2D eigenvalue weighted by molar-refractivity contribution is 0.169. The van der Waals surface area contributed by atoms with Crippen LogP contribution in [0.1, 0.15) is 150 Å². The molecule has 0 aliphatic heterocycles. The Morgan fingerprint density at radius 1 is 0.581 bits per heavy atom. The molecule has 0 aromatic heterocycles.